The van der Waals surface area contributed by atoms with Crippen LogP contribution in [0, 0.1) is 0 Å². The largest absolute Gasteiger partial charge is 0.390 e. The summed E-state index contributed by atoms with van der Waals surface area (Å²) in [5, 5.41) is 9.60. The molecule has 0 amide bonds. The van der Waals surface area contributed by atoms with E-state index in [2.05, 4.69) is 6.92 Å². The fraction of sp³-hybridized carbons (Fsp3) is 0.571. The third-order valence-electron chi connectivity index (χ3n) is 3.04. The molecule has 3 heteroatoms. The lowest BCUT2D eigenvalue weighted by molar-refractivity contribution is -0.196. The van der Waals surface area contributed by atoms with E-state index in [1.54, 1.807) is 0 Å². The molecule has 0 aromatic heterocycles. The molecule has 1 N–H and O–H groups in total. The number of aliphatic hydroxyl groups is 1. The van der Waals surface area contributed by atoms with Crippen molar-refractivity contribution in [3.05, 3.63) is 35.9 Å². The Morgan fingerprint density at radius 1 is 1.24 bits per heavy atom. The van der Waals surface area contributed by atoms with E-state index < -0.39 is 0 Å². The molecule has 2 rings (SSSR count). The highest BCUT2D eigenvalue weighted by atomic mass is 16.6. The summed E-state index contributed by atoms with van der Waals surface area (Å²) in [5.41, 5.74) is 1.16. The normalized spacial score (nSPS) is 27.8. The van der Waals surface area contributed by atoms with Crippen molar-refractivity contribution in [2.45, 2.75) is 44.7 Å². The van der Waals surface area contributed by atoms with E-state index in [9.17, 15) is 5.11 Å². The zero-order chi connectivity index (χ0) is 12.1. The first-order valence-electron chi connectivity index (χ1n) is 6.26. The molecule has 3 unspecified atom stereocenters. The number of aliphatic hydroxyl groups excluding tert-OH is 1. The molecule has 0 bridgehead atoms. The van der Waals surface area contributed by atoms with Gasteiger partial charge in [-0.3, -0.25) is 0 Å². The number of ether oxygens (including phenoxy) is 2. The molecule has 0 saturated heterocycles. The summed E-state index contributed by atoms with van der Waals surface area (Å²) in [6, 6.07) is 10.1. The minimum Gasteiger partial charge on any atom is -0.390 e. The van der Waals surface area contributed by atoms with Gasteiger partial charge in [0.2, 0.25) is 0 Å². The van der Waals surface area contributed by atoms with Crippen LogP contribution in [0.1, 0.15) is 25.3 Å². The van der Waals surface area contributed by atoms with Crippen molar-refractivity contribution in [1.29, 1.82) is 0 Å². The van der Waals surface area contributed by atoms with Crippen LogP contribution in [-0.2, 0) is 16.1 Å². The van der Waals surface area contributed by atoms with Gasteiger partial charge in [-0.05, 0) is 12.0 Å². The molecule has 1 aromatic carbocycles. The molecule has 0 aliphatic heterocycles. The molecule has 0 heterocycles. The molecule has 0 spiro atoms. The molecule has 1 aliphatic rings. The van der Waals surface area contributed by atoms with Gasteiger partial charge in [-0.2, -0.15) is 0 Å². The Kier molecular flexibility index (Phi) is 4.54. The van der Waals surface area contributed by atoms with Gasteiger partial charge in [-0.25, -0.2) is 0 Å². The first kappa shape index (κ1) is 12.6. The smallest absolute Gasteiger partial charge is 0.110 e. The van der Waals surface area contributed by atoms with Crippen LogP contribution in [0.3, 0.4) is 0 Å². The molecule has 94 valence electrons. The highest BCUT2D eigenvalue weighted by Crippen LogP contribution is 2.28. The Morgan fingerprint density at radius 3 is 2.65 bits per heavy atom. The van der Waals surface area contributed by atoms with Crippen LogP contribution in [0.25, 0.3) is 0 Å². The van der Waals surface area contributed by atoms with Crippen molar-refractivity contribution in [3.63, 3.8) is 0 Å². The van der Waals surface area contributed by atoms with E-state index in [0.717, 1.165) is 12.0 Å². The van der Waals surface area contributed by atoms with Crippen LogP contribution in [-0.4, -0.2) is 30.0 Å². The van der Waals surface area contributed by atoms with Gasteiger partial charge in [0.05, 0.1) is 18.8 Å². The number of benzene rings is 1. The molecular weight excluding hydrogens is 216 g/mol. The fourth-order valence-corrected chi connectivity index (χ4v) is 1.97. The maximum Gasteiger partial charge on any atom is 0.110 e. The molecule has 17 heavy (non-hydrogen) atoms. The fourth-order valence-electron chi connectivity index (χ4n) is 1.97. The summed E-state index contributed by atoms with van der Waals surface area (Å²) in [7, 11) is 0. The quantitative estimate of drug-likeness (QED) is 0.822. The summed E-state index contributed by atoms with van der Waals surface area (Å²) in [6.07, 6.45) is 1.19. The van der Waals surface area contributed by atoms with Gasteiger partial charge < -0.3 is 14.6 Å². The van der Waals surface area contributed by atoms with Crippen molar-refractivity contribution in [2.24, 2.45) is 0 Å². The number of rotatable bonds is 6. The summed E-state index contributed by atoms with van der Waals surface area (Å²) in [5.74, 6) is 0. The van der Waals surface area contributed by atoms with Crippen molar-refractivity contribution < 1.29 is 14.6 Å². The monoisotopic (exact) mass is 236 g/mol. The highest BCUT2D eigenvalue weighted by Gasteiger charge is 2.41. The topological polar surface area (TPSA) is 38.7 Å². The minimum absolute atomic E-state index is 0.0387. The Balaban J connectivity index is 1.76. The van der Waals surface area contributed by atoms with Crippen molar-refractivity contribution >= 4 is 0 Å². The van der Waals surface area contributed by atoms with E-state index in [4.69, 9.17) is 9.47 Å². The van der Waals surface area contributed by atoms with Crippen LogP contribution in [0.15, 0.2) is 30.3 Å². The van der Waals surface area contributed by atoms with Gasteiger partial charge in [0, 0.05) is 13.0 Å². The second kappa shape index (κ2) is 6.15. The second-order valence-electron chi connectivity index (χ2n) is 4.47. The summed E-state index contributed by atoms with van der Waals surface area (Å²) in [4.78, 5) is 0. The van der Waals surface area contributed by atoms with Crippen LogP contribution in [0.2, 0.25) is 0 Å². The van der Waals surface area contributed by atoms with Crippen LogP contribution >= 0.6 is 0 Å². The Morgan fingerprint density at radius 2 is 2.00 bits per heavy atom. The van der Waals surface area contributed by atoms with Crippen molar-refractivity contribution in [3.8, 4) is 0 Å². The maximum absolute atomic E-state index is 9.60. The Hall–Kier alpha value is -0.900. The Labute approximate surface area is 102 Å². The van der Waals surface area contributed by atoms with Gasteiger partial charge in [0.15, 0.2) is 0 Å². The van der Waals surface area contributed by atoms with Gasteiger partial charge in [-0.15, -0.1) is 0 Å². The van der Waals surface area contributed by atoms with E-state index in [0.29, 0.717) is 19.6 Å². The predicted molar refractivity (Wildman–Crippen MR) is 65.7 cm³/mol. The Bertz CT molecular complexity index is 325. The molecular formula is C14H20O3. The number of hydrogen-bond donors (Lipinski definition) is 1. The van der Waals surface area contributed by atoms with E-state index in [1.807, 2.05) is 30.3 Å². The molecule has 3 nitrogen and oxygen atoms in total. The lowest BCUT2D eigenvalue weighted by Crippen LogP contribution is -2.53. The van der Waals surface area contributed by atoms with Crippen molar-refractivity contribution in [1.82, 2.24) is 0 Å². The summed E-state index contributed by atoms with van der Waals surface area (Å²) >= 11 is 0. The molecule has 3 atom stereocenters. The number of hydrogen-bond acceptors (Lipinski definition) is 3. The third kappa shape index (κ3) is 3.28. The zero-order valence-corrected chi connectivity index (χ0v) is 10.2. The molecule has 1 aromatic rings. The summed E-state index contributed by atoms with van der Waals surface area (Å²) in [6.45, 7) is 3.34. The zero-order valence-electron chi connectivity index (χ0n) is 10.2. The standard InChI is InChI=1S/C14H20O3/c1-2-8-16-14-12(15)9-13(14)17-10-11-6-4-3-5-7-11/h3-7,12-15H,2,8-10H2,1H3. The van der Waals surface area contributed by atoms with Crippen LogP contribution < -0.4 is 0 Å². The van der Waals surface area contributed by atoms with Gasteiger partial charge in [-0.1, -0.05) is 37.3 Å². The van der Waals surface area contributed by atoms with Gasteiger partial charge in [0.1, 0.15) is 6.10 Å². The molecule has 1 saturated carbocycles. The lowest BCUT2D eigenvalue weighted by Gasteiger charge is -2.40. The first-order chi connectivity index (χ1) is 8.31. The molecule has 0 radical (unpaired) electrons. The summed E-state index contributed by atoms with van der Waals surface area (Å²) < 4.78 is 11.3. The van der Waals surface area contributed by atoms with Crippen LogP contribution in [0.4, 0.5) is 0 Å². The lowest BCUT2D eigenvalue weighted by atomic mass is 9.88. The SMILES string of the molecule is CCCOC1C(O)CC1OCc1ccccc1. The average molecular weight is 236 g/mol. The van der Waals surface area contributed by atoms with Crippen LogP contribution in [0.5, 0.6) is 0 Å². The highest BCUT2D eigenvalue weighted by molar-refractivity contribution is 5.13. The average Bonchev–Trinajstić information content (AvgIpc) is 2.36. The van der Waals surface area contributed by atoms with Gasteiger partial charge in [0.25, 0.3) is 0 Å². The van der Waals surface area contributed by atoms with Crippen molar-refractivity contribution in [2.75, 3.05) is 6.61 Å². The van der Waals surface area contributed by atoms with E-state index in [1.165, 1.54) is 0 Å². The second-order valence-corrected chi connectivity index (χ2v) is 4.47. The predicted octanol–water partition coefficient (Wildman–Crippen LogP) is 2.13. The maximum atomic E-state index is 9.60. The third-order valence-corrected chi connectivity index (χ3v) is 3.04. The van der Waals surface area contributed by atoms with E-state index in [-0.39, 0.29) is 18.3 Å². The van der Waals surface area contributed by atoms with E-state index >= 15 is 0 Å². The first-order valence-corrected chi connectivity index (χ1v) is 6.26. The van der Waals surface area contributed by atoms with Gasteiger partial charge >= 0.3 is 0 Å². The minimum atomic E-state index is -0.359. The molecule has 1 fully saturated rings. The molecule has 1 aliphatic carbocycles.